The first-order chi connectivity index (χ1) is 9.61. The highest BCUT2D eigenvalue weighted by molar-refractivity contribution is 6.38. The van der Waals surface area contributed by atoms with E-state index in [0.717, 1.165) is 0 Å². The van der Waals surface area contributed by atoms with Crippen LogP contribution in [0.1, 0.15) is 0 Å². The fraction of sp³-hybridized carbons (Fsp3) is 0.154. The Morgan fingerprint density at radius 2 is 2.20 bits per heavy atom. The minimum absolute atomic E-state index is 0.163. The molecule has 2 aromatic rings. The number of ether oxygens (including phenoxy) is 1. The van der Waals surface area contributed by atoms with Gasteiger partial charge in [-0.25, -0.2) is 9.97 Å². The number of nitrogens with zero attached hydrogens (tertiary/aromatic N) is 2. The topological polar surface area (TPSA) is 64.1 Å². The van der Waals surface area contributed by atoms with Gasteiger partial charge in [0.25, 0.3) is 5.91 Å². The van der Waals surface area contributed by atoms with Crippen molar-refractivity contribution in [2.75, 3.05) is 13.2 Å². The molecule has 1 heterocycles. The number of hydrogen-bond donors (Lipinski definition) is 1. The maximum Gasteiger partial charge on any atom is 0.258 e. The summed E-state index contributed by atoms with van der Waals surface area (Å²) in [5.74, 6) is -0.0158. The standard InChI is InChI=1S/C13H11Cl2N3O2/c1-2-3-16-11(19)6-20-13-9-4-8(14)5-10(15)12(9)17-7-18-13/h2,4-5,7H,1,3,6H2,(H,16,19). The fourth-order valence-electron chi connectivity index (χ4n) is 1.55. The van der Waals surface area contributed by atoms with Gasteiger partial charge in [0.15, 0.2) is 6.61 Å². The first-order valence-corrected chi connectivity index (χ1v) is 6.47. The number of amides is 1. The van der Waals surface area contributed by atoms with Gasteiger partial charge in [0.1, 0.15) is 6.33 Å². The lowest BCUT2D eigenvalue weighted by Gasteiger charge is -2.08. The monoisotopic (exact) mass is 311 g/mol. The molecular weight excluding hydrogens is 301 g/mol. The van der Waals surface area contributed by atoms with E-state index < -0.39 is 0 Å². The van der Waals surface area contributed by atoms with Gasteiger partial charge in [-0.05, 0) is 12.1 Å². The third-order valence-corrected chi connectivity index (χ3v) is 2.91. The van der Waals surface area contributed by atoms with Crippen molar-refractivity contribution in [1.82, 2.24) is 15.3 Å². The van der Waals surface area contributed by atoms with E-state index in [0.29, 0.717) is 27.5 Å². The van der Waals surface area contributed by atoms with Gasteiger partial charge in [0, 0.05) is 11.6 Å². The lowest BCUT2D eigenvalue weighted by atomic mass is 10.2. The summed E-state index contributed by atoms with van der Waals surface area (Å²) >= 11 is 12.0. The maximum atomic E-state index is 11.5. The van der Waals surface area contributed by atoms with Crippen molar-refractivity contribution in [3.05, 3.63) is 41.2 Å². The van der Waals surface area contributed by atoms with Crippen LogP contribution in [0.4, 0.5) is 0 Å². The maximum absolute atomic E-state index is 11.5. The molecule has 1 amide bonds. The molecule has 7 heteroatoms. The van der Waals surface area contributed by atoms with Crippen LogP contribution < -0.4 is 10.1 Å². The lowest BCUT2D eigenvalue weighted by Crippen LogP contribution is -2.29. The summed E-state index contributed by atoms with van der Waals surface area (Å²) in [7, 11) is 0. The van der Waals surface area contributed by atoms with Gasteiger partial charge in [-0.3, -0.25) is 4.79 Å². The van der Waals surface area contributed by atoms with Gasteiger partial charge >= 0.3 is 0 Å². The molecule has 0 fully saturated rings. The average molecular weight is 312 g/mol. The molecule has 0 aliphatic heterocycles. The molecule has 20 heavy (non-hydrogen) atoms. The highest BCUT2D eigenvalue weighted by atomic mass is 35.5. The Hall–Kier alpha value is -1.85. The zero-order valence-corrected chi connectivity index (χ0v) is 11.9. The normalized spacial score (nSPS) is 10.3. The Morgan fingerprint density at radius 1 is 1.40 bits per heavy atom. The van der Waals surface area contributed by atoms with Gasteiger partial charge in [0.2, 0.25) is 5.88 Å². The van der Waals surface area contributed by atoms with Gasteiger partial charge in [-0.1, -0.05) is 29.3 Å². The molecule has 0 bridgehead atoms. The molecule has 0 unspecified atom stereocenters. The van der Waals surface area contributed by atoms with Crippen molar-refractivity contribution >= 4 is 40.0 Å². The van der Waals surface area contributed by atoms with Crippen LogP contribution in [-0.4, -0.2) is 29.0 Å². The van der Waals surface area contributed by atoms with Crippen LogP contribution in [0, 0.1) is 0 Å². The summed E-state index contributed by atoms with van der Waals surface area (Å²) in [4.78, 5) is 19.5. The second kappa shape index (κ2) is 6.54. The summed E-state index contributed by atoms with van der Waals surface area (Å²) < 4.78 is 5.37. The second-order valence-corrected chi connectivity index (χ2v) is 4.69. The van der Waals surface area contributed by atoms with E-state index >= 15 is 0 Å². The summed E-state index contributed by atoms with van der Waals surface area (Å²) in [5, 5.41) is 3.99. The van der Waals surface area contributed by atoms with Crippen LogP contribution in [0.5, 0.6) is 5.88 Å². The number of nitrogens with one attached hydrogen (secondary N) is 1. The Balaban J connectivity index is 2.22. The Bertz CT molecular complexity index is 661. The zero-order valence-electron chi connectivity index (χ0n) is 10.4. The Kier molecular flexibility index (Phi) is 4.76. The number of benzene rings is 1. The van der Waals surface area contributed by atoms with Crippen molar-refractivity contribution in [3.8, 4) is 5.88 Å². The molecule has 104 valence electrons. The number of carbonyl (C=O) groups is 1. The van der Waals surface area contributed by atoms with Gasteiger partial charge in [0.05, 0.1) is 15.9 Å². The lowest BCUT2D eigenvalue weighted by molar-refractivity contribution is -0.122. The van der Waals surface area contributed by atoms with E-state index in [4.69, 9.17) is 27.9 Å². The zero-order chi connectivity index (χ0) is 14.5. The average Bonchev–Trinajstić information content (AvgIpc) is 2.43. The minimum atomic E-state index is -0.273. The molecule has 1 aromatic carbocycles. The number of aromatic nitrogens is 2. The van der Waals surface area contributed by atoms with E-state index in [1.54, 1.807) is 18.2 Å². The minimum Gasteiger partial charge on any atom is -0.467 e. The number of hydrogen-bond acceptors (Lipinski definition) is 4. The van der Waals surface area contributed by atoms with Crippen LogP contribution in [0.15, 0.2) is 31.1 Å². The van der Waals surface area contributed by atoms with Gasteiger partial charge in [-0.2, -0.15) is 0 Å². The van der Waals surface area contributed by atoms with E-state index in [-0.39, 0.29) is 18.4 Å². The summed E-state index contributed by atoms with van der Waals surface area (Å²) in [5.41, 5.74) is 0.521. The largest absolute Gasteiger partial charge is 0.467 e. The van der Waals surface area contributed by atoms with Crippen LogP contribution in [0.2, 0.25) is 10.0 Å². The third-order valence-electron chi connectivity index (χ3n) is 2.40. The highest BCUT2D eigenvalue weighted by Gasteiger charge is 2.11. The number of fused-ring (bicyclic) bond motifs is 1. The molecule has 1 aromatic heterocycles. The molecule has 0 atom stereocenters. The Labute approximate surface area is 125 Å². The first-order valence-electron chi connectivity index (χ1n) is 5.72. The van der Waals surface area contributed by atoms with Crippen molar-refractivity contribution in [3.63, 3.8) is 0 Å². The first kappa shape index (κ1) is 14.6. The molecule has 0 aliphatic carbocycles. The van der Waals surface area contributed by atoms with Crippen molar-refractivity contribution in [2.24, 2.45) is 0 Å². The Morgan fingerprint density at radius 3 is 2.95 bits per heavy atom. The van der Waals surface area contributed by atoms with Crippen LogP contribution in [-0.2, 0) is 4.79 Å². The second-order valence-electron chi connectivity index (χ2n) is 3.84. The number of carbonyl (C=O) groups excluding carboxylic acids is 1. The van der Waals surface area contributed by atoms with E-state index in [1.165, 1.54) is 6.33 Å². The quantitative estimate of drug-likeness (QED) is 0.862. The summed E-state index contributed by atoms with van der Waals surface area (Å²) in [6.45, 7) is 3.72. The van der Waals surface area contributed by atoms with E-state index in [9.17, 15) is 4.79 Å². The molecule has 0 aliphatic rings. The van der Waals surface area contributed by atoms with E-state index in [2.05, 4.69) is 21.9 Å². The molecule has 0 saturated heterocycles. The van der Waals surface area contributed by atoms with E-state index in [1.807, 2.05) is 0 Å². The molecule has 1 N–H and O–H groups in total. The fourth-order valence-corrected chi connectivity index (χ4v) is 2.10. The number of rotatable bonds is 5. The predicted molar refractivity (Wildman–Crippen MR) is 78.3 cm³/mol. The summed E-state index contributed by atoms with van der Waals surface area (Å²) in [6, 6.07) is 3.22. The molecule has 0 saturated carbocycles. The smallest absolute Gasteiger partial charge is 0.258 e. The molecule has 0 spiro atoms. The third kappa shape index (κ3) is 3.37. The molecule has 2 rings (SSSR count). The predicted octanol–water partition coefficient (Wildman–Crippen LogP) is 2.62. The van der Waals surface area contributed by atoms with Crippen molar-refractivity contribution in [2.45, 2.75) is 0 Å². The SMILES string of the molecule is C=CCNC(=O)COc1ncnc2c(Cl)cc(Cl)cc12. The number of halogens is 2. The van der Waals surface area contributed by atoms with Crippen LogP contribution >= 0.6 is 23.2 Å². The molecule has 5 nitrogen and oxygen atoms in total. The van der Waals surface area contributed by atoms with Gasteiger partial charge in [-0.15, -0.1) is 6.58 Å². The summed E-state index contributed by atoms with van der Waals surface area (Å²) in [6.07, 6.45) is 2.90. The van der Waals surface area contributed by atoms with Crippen molar-refractivity contribution < 1.29 is 9.53 Å². The van der Waals surface area contributed by atoms with Crippen LogP contribution in [0.25, 0.3) is 10.9 Å². The van der Waals surface area contributed by atoms with Gasteiger partial charge < -0.3 is 10.1 Å². The van der Waals surface area contributed by atoms with Crippen LogP contribution in [0.3, 0.4) is 0 Å². The van der Waals surface area contributed by atoms with Crippen molar-refractivity contribution in [1.29, 1.82) is 0 Å². The highest BCUT2D eigenvalue weighted by Crippen LogP contribution is 2.30. The molecular formula is C13H11Cl2N3O2. The molecule has 0 radical (unpaired) electrons.